The van der Waals surface area contributed by atoms with E-state index in [1.807, 2.05) is 0 Å². The van der Waals surface area contributed by atoms with E-state index >= 15 is 0 Å². The van der Waals surface area contributed by atoms with Gasteiger partial charge in [-0.3, -0.25) is 4.79 Å². The van der Waals surface area contributed by atoms with Crippen molar-refractivity contribution in [1.29, 1.82) is 0 Å². The maximum atomic E-state index is 11.8. The largest absolute Gasteiger partial charge is 0.393 e. The number of rotatable bonds is 5. The molecule has 0 heterocycles. The molecule has 4 nitrogen and oxygen atoms in total. The summed E-state index contributed by atoms with van der Waals surface area (Å²) in [5.74, 6) is 0.662. The smallest absolute Gasteiger partial charge is 0.234 e. The van der Waals surface area contributed by atoms with Crippen LogP contribution in [-0.2, 0) is 4.79 Å². The molecule has 3 N–H and O–H groups in total. The number of carbonyl (C=O) groups excluding carboxylic acids is 1. The molecule has 0 spiro atoms. The zero-order valence-electron chi connectivity index (χ0n) is 11.9. The van der Waals surface area contributed by atoms with Crippen molar-refractivity contribution in [3.63, 3.8) is 0 Å². The Morgan fingerprint density at radius 1 is 1.05 bits per heavy atom. The van der Waals surface area contributed by atoms with Crippen LogP contribution < -0.4 is 10.6 Å². The van der Waals surface area contributed by atoms with Gasteiger partial charge in [0.05, 0.1) is 12.6 Å². The highest BCUT2D eigenvalue weighted by atomic mass is 16.3. The Kier molecular flexibility index (Phi) is 6.11. The van der Waals surface area contributed by atoms with Gasteiger partial charge < -0.3 is 15.7 Å². The zero-order chi connectivity index (χ0) is 13.5. The average Bonchev–Trinajstić information content (AvgIpc) is 2.40. The molecule has 0 aromatic heterocycles. The van der Waals surface area contributed by atoms with Crippen molar-refractivity contribution in [2.45, 2.75) is 69.9 Å². The summed E-state index contributed by atoms with van der Waals surface area (Å²) in [6.45, 7) is 1.28. The molecule has 4 heteroatoms. The first-order chi connectivity index (χ1) is 9.24. The first-order valence-electron chi connectivity index (χ1n) is 7.92. The van der Waals surface area contributed by atoms with Gasteiger partial charge in [-0.1, -0.05) is 25.7 Å². The number of hydrogen-bond acceptors (Lipinski definition) is 3. The first kappa shape index (κ1) is 14.8. The van der Waals surface area contributed by atoms with Crippen LogP contribution in [0.5, 0.6) is 0 Å². The lowest BCUT2D eigenvalue weighted by Gasteiger charge is -2.26. The summed E-state index contributed by atoms with van der Waals surface area (Å²) in [7, 11) is 0. The van der Waals surface area contributed by atoms with E-state index in [1.54, 1.807) is 0 Å². The van der Waals surface area contributed by atoms with Gasteiger partial charge in [0.1, 0.15) is 0 Å². The summed E-state index contributed by atoms with van der Waals surface area (Å²) in [6, 6.07) is 0.402. The second-order valence-electron chi connectivity index (χ2n) is 6.22. The van der Waals surface area contributed by atoms with E-state index in [9.17, 15) is 9.90 Å². The predicted octanol–water partition coefficient (Wildman–Crippen LogP) is 1.58. The lowest BCUT2D eigenvalue weighted by Crippen LogP contribution is -2.42. The molecular formula is C15H28N2O2. The van der Waals surface area contributed by atoms with Crippen molar-refractivity contribution in [2.75, 3.05) is 13.1 Å². The maximum Gasteiger partial charge on any atom is 0.234 e. The van der Waals surface area contributed by atoms with Crippen LogP contribution in [0.4, 0.5) is 0 Å². The summed E-state index contributed by atoms with van der Waals surface area (Å²) in [4.78, 5) is 11.8. The fourth-order valence-corrected chi connectivity index (χ4v) is 3.36. The van der Waals surface area contributed by atoms with Crippen LogP contribution in [0.1, 0.15) is 57.8 Å². The normalized spacial score (nSPS) is 29.1. The lowest BCUT2D eigenvalue weighted by molar-refractivity contribution is -0.121. The van der Waals surface area contributed by atoms with E-state index in [1.165, 1.54) is 25.7 Å². The van der Waals surface area contributed by atoms with E-state index in [2.05, 4.69) is 10.6 Å². The number of nitrogens with one attached hydrogen (secondary N) is 2. The molecule has 2 unspecified atom stereocenters. The van der Waals surface area contributed by atoms with Gasteiger partial charge in [0, 0.05) is 6.04 Å². The van der Waals surface area contributed by atoms with E-state index < -0.39 is 0 Å². The Morgan fingerprint density at radius 2 is 1.84 bits per heavy atom. The molecule has 19 heavy (non-hydrogen) atoms. The third-order valence-electron chi connectivity index (χ3n) is 4.44. The van der Waals surface area contributed by atoms with E-state index in [4.69, 9.17) is 0 Å². The van der Waals surface area contributed by atoms with Crippen molar-refractivity contribution in [1.82, 2.24) is 10.6 Å². The molecule has 0 bridgehead atoms. The van der Waals surface area contributed by atoms with Crippen LogP contribution in [0.25, 0.3) is 0 Å². The summed E-state index contributed by atoms with van der Waals surface area (Å²) in [5, 5.41) is 16.0. The Labute approximate surface area is 116 Å². The zero-order valence-corrected chi connectivity index (χ0v) is 11.9. The highest BCUT2D eigenvalue weighted by Gasteiger charge is 2.20. The molecule has 2 rings (SSSR count). The SMILES string of the molecule is O=C(CNCC1CCCC(O)C1)NC1CCCCC1. The molecule has 0 radical (unpaired) electrons. The van der Waals surface area contributed by atoms with Crippen molar-refractivity contribution in [2.24, 2.45) is 5.92 Å². The van der Waals surface area contributed by atoms with Gasteiger partial charge >= 0.3 is 0 Å². The Bertz CT molecular complexity index is 277. The topological polar surface area (TPSA) is 61.4 Å². The number of aliphatic hydroxyl groups excluding tert-OH is 1. The molecule has 0 saturated heterocycles. The van der Waals surface area contributed by atoms with Gasteiger partial charge in [-0.05, 0) is 44.6 Å². The minimum absolute atomic E-state index is 0.128. The van der Waals surface area contributed by atoms with E-state index in [0.29, 0.717) is 18.5 Å². The molecule has 110 valence electrons. The quantitative estimate of drug-likeness (QED) is 0.709. The second-order valence-corrected chi connectivity index (χ2v) is 6.22. The highest BCUT2D eigenvalue weighted by Crippen LogP contribution is 2.23. The molecule has 0 aromatic rings. The Balaban J connectivity index is 1.55. The van der Waals surface area contributed by atoms with Crippen molar-refractivity contribution in [3.05, 3.63) is 0 Å². The predicted molar refractivity (Wildman–Crippen MR) is 75.9 cm³/mol. The maximum absolute atomic E-state index is 11.8. The van der Waals surface area contributed by atoms with Crippen LogP contribution in [-0.4, -0.2) is 36.2 Å². The molecule has 2 aliphatic rings. The van der Waals surface area contributed by atoms with Crippen molar-refractivity contribution < 1.29 is 9.90 Å². The summed E-state index contributed by atoms with van der Waals surface area (Å²) < 4.78 is 0. The van der Waals surface area contributed by atoms with Crippen molar-refractivity contribution >= 4 is 5.91 Å². The molecule has 0 aliphatic heterocycles. The van der Waals surface area contributed by atoms with Gasteiger partial charge in [-0.25, -0.2) is 0 Å². The van der Waals surface area contributed by atoms with E-state index in [-0.39, 0.29) is 12.0 Å². The molecule has 2 saturated carbocycles. The Morgan fingerprint density at radius 3 is 2.58 bits per heavy atom. The van der Waals surface area contributed by atoms with Crippen LogP contribution in [0.3, 0.4) is 0 Å². The van der Waals surface area contributed by atoms with Crippen LogP contribution in [0, 0.1) is 5.92 Å². The van der Waals surface area contributed by atoms with Crippen molar-refractivity contribution in [3.8, 4) is 0 Å². The monoisotopic (exact) mass is 268 g/mol. The van der Waals surface area contributed by atoms with Crippen LogP contribution in [0.2, 0.25) is 0 Å². The van der Waals surface area contributed by atoms with Crippen LogP contribution >= 0.6 is 0 Å². The van der Waals surface area contributed by atoms with Gasteiger partial charge in [0.25, 0.3) is 0 Å². The highest BCUT2D eigenvalue weighted by molar-refractivity contribution is 5.78. The molecular weight excluding hydrogens is 240 g/mol. The second kappa shape index (κ2) is 7.85. The molecule has 1 amide bonds. The van der Waals surface area contributed by atoms with Gasteiger partial charge in [0.15, 0.2) is 0 Å². The van der Waals surface area contributed by atoms with Gasteiger partial charge in [-0.2, -0.15) is 0 Å². The molecule has 2 aliphatic carbocycles. The average molecular weight is 268 g/mol. The Hall–Kier alpha value is -0.610. The number of carbonyl (C=O) groups is 1. The van der Waals surface area contributed by atoms with Crippen LogP contribution in [0.15, 0.2) is 0 Å². The van der Waals surface area contributed by atoms with Gasteiger partial charge in [-0.15, -0.1) is 0 Å². The summed E-state index contributed by atoms with van der Waals surface area (Å²) in [5.41, 5.74) is 0. The molecule has 2 fully saturated rings. The standard InChI is InChI=1S/C15H28N2O2/c18-14-8-4-5-12(9-14)10-16-11-15(19)17-13-6-2-1-3-7-13/h12-14,16,18H,1-11H2,(H,17,19). The minimum atomic E-state index is -0.128. The van der Waals surface area contributed by atoms with Gasteiger partial charge in [0.2, 0.25) is 5.91 Å². The number of aliphatic hydroxyl groups is 1. The third kappa shape index (κ3) is 5.49. The lowest BCUT2D eigenvalue weighted by atomic mass is 9.87. The summed E-state index contributed by atoms with van der Waals surface area (Å²) in [6.07, 6.45) is 10.1. The fraction of sp³-hybridized carbons (Fsp3) is 0.933. The molecule has 2 atom stereocenters. The fourth-order valence-electron chi connectivity index (χ4n) is 3.36. The summed E-state index contributed by atoms with van der Waals surface area (Å²) >= 11 is 0. The van der Waals surface area contributed by atoms with E-state index in [0.717, 1.165) is 38.6 Å². The minimum Gasteiger partial charge on any atom is -0.393 e. The number of hydrogen-bond donors (Lipinski definition) is 3. The first-order valence-corrected chi connectivity index (χ1v) is 7.92. The third-order valence-corrected chi connectivity index (χ3v) is 4.44. The number of amides is 1. The molecule has 0 aromatic carbocycles.